The summed E-state index contributed by atoms with van der Waals surface area (Å²) in [6, 6.07) is 8.17. The summed E-state index contributed by atoms with van der Waals surface area (Å²) in [7, 11) is 0. The highest BCUT2D eigenvalue weighted by Crippen LogP contribution is 2.42. The summed E-state index contributed by atoms with van der Waals surface area (Å²) in [5.41, 5.74) is 1.03. The molecule has 3 heteroatoms. The summed E-state index contributed by atoms with van der Waals surface area (Å²) in [6.07, 6.45) is 1.82. The average Bonchev–Trinajstić information content (AvgIpc) is 2.41. The minimum Gasteiger partial charge on any atom is -0.493 e. The number of para-hydroxylation sites is 1. The van der Waals surface area contributed by atoms with Crippen LogP contribution in [0.1, 0.15) is 32.3 Å². The summed E-state index contributed by atoms with van der Waals surface area (Å²) in [6.45, 7) is 6.20. The number of aliphatic hydroxyl groups excluding tert-OH is 1. The Hall–Kier alpha value is -1.06. The van der Waals surface area contributed by atoms with Crippen molar-refractivity contribution in [2.75, 3.05) is 19.8 Å². The maximum atomic E-state index is 9.45. The standard InChI is InChI=1S/C15H23NO2/c1-3-9-16-15(8-10-17)12(2)11-18-14-7-5-4-6-13(14)15/h4-7,12,16-17H,3,8-11H2,1-2H3. The van der Waals surface area contributed by atoms with Crippen LogP contribution in [0.15, 0.2) is 24.3 Å². The Morgan fingerprint density at radius 1 is 1.44 bits per heavy atom. The van der Waals surface area contributed by atoms with E-state index in [4.69, 9.17) is 4.74 Å². The van der Waals surface area contributed by atoms with Gasteiger partial charge in [0.15, 0.2) is 0 Å². The minimum atomic E-state index is -0.153. The van der Waals surface area contributed by atoms with Crippen molar-refractivity contribution in [1.82, 2.24) is 5.32 Å². The van der Waals surface area contributed by atoms with Crippen LogP contribution in [-0.4, -0.2) is 24.9 Å². The highest BCUT2D eigenvalue weighted by Gasteiger charge is 2.42. The van der Waals surface area contributed by atoms with E-state index in [1.807, 2.05) is 18.2 Å². The number of rotatable bonds is 5. The molecule has 0 aliphatic carbocycles. The van der Waals surface area contributed by atoms with Gasteiger partial charge in [-0.3, -0.25) is 0 Å². The molecule has 0 fully saturated rings. The number of fused-ring (bicyclic) bond motifs is 1. The third-order valence-electron chi connectivity index (χ3n) is 3.89. The number of benzene rings is 1. The Morgan fingerprint density at radius 2 is 2.22 bits per heavy atom. The van der Waals surface area contributed by atoms with E-state index in [-0.39, 0.29) is 12.1 Å². The molecule has 1 aliphatic heterocycles. The van der Waals surface area contributed by atoms with Gasteiger partial charge in [-0.15, -0.1) is 0 Å². The zero-order valence-corrected chi connectivity index (χ0v) is 11.3. The van der Waals surface area contributed by atoms with Crippen LogP contribution in [0.2, 0.25) is 0 Å². The fraction of sp³-hybridized carbons (Fsp3) is 0.600. The molecular weight excluding hydrogens is 226 g/mol. The van der Waals surface area contributed by atoms with E-state index in [2.05, 4.69) is 25.2 Å². The lowest BCUT2D eigenvalue weighted by molar-refractivity contribution is 0.0860. The molecule has 1 heterocycles. The molecule has 1 aliphatic rings. The molecule has 0 spiro atoms. The van der Waals surface area contributed by atoms with Gasteiger partial charge in [-0.1, -0.05) is 32.0 Å². The maximum Gasteiger partial charge on any atom is 0.124 e. The van der Waals surface area contributed by atoms with Crippen LogP contribution in [0.4, 0.5) is 0 Å². The first kappa shape index (κ1) is 13.4. The fourth-order valence-electron chi connectivity index (χ4n) is 2.85. The van der Waals surface area contributed by atoms with E-state index >= 15 is 0 Å². The zero-order valence-electron chi connectivity index (χ0n) is 11.3. The molecule has 18 heavy (non-hydrogen) atoms. The van der Waals surface area contributed by atoms with Crippen molar-refractivity contribution in [2.45, 2.75) is 32.2 Å². The number of aliphatic hydroxyl groups is 1. The quantitative estimate of drug-likeness (QED) is 0.841. The molecule has 0 aromatic heterocycles. The molecule has 2 rings (SSSR count). The summed E-state index contributed by atoms with van der Waals surface area (Å²) >= 11 is 0. The number of hydrogen-bond acceptors (Lipinski definition) is 3. The van der Waals surface area contributed by atoms with Crippen LogP contribution in [0, 0.1) is 5.92 Å². The molecule has 0 saturated heterocycles. The zero-order chi connectivity index (χ0) is 13.0. The third-order valence-corrected chi connectivity index (χ3v) is 3.89. The lowest BCUT2D eigenvalue weighted by atomic mass is 9.75. The second-order valence-corrected chi connectivity index (χ2v) is 5.08. The topological polar surface area (TPSA) is 41.5 Å². The number of hydrogen-bond donors (Lipinski definition) is 2. The van der Waals surface area contributed by atoms with Crippen molar-refractivity contribution in [3.05, 3.63) is 29.8 Å². The van der Waals surface area contributed by atoms with Crippen molar-refractivity contribution in [3.8, 4) is 5.75 Å². The highest BCUT2D eigenvalue weighted by molar-refractivity contribution is 5.41. The van der Waals surface area contributed by atoms with Gasteiger partial charge in [0.25, 0.3) is 0 Å². The minimum absolute atomic E-state index is 0.153. The molecule has 0 saturated carbocycles. The molecular formula is C15H23NO2. The molecule has 2 N–H and O–H groups in total. The lowest BCUT2D eigenvalue weighted by Gasteiger charge is -2.44. The van der Waals surface area contributed by atoms with E-state index in [1.54, 1.807) is 0 Å². The largest absolute Gasteiger partial charge is 0.493 e. The molecule has 0 bridgehead atoms. The van der Waals surface area contributed by atoms with Gasteiger partial charge >= 0.3 is 0 Å². The van der Waals surface area contributed by atoms with Crippen LogP contribution in [0.25, 0.3) is 0 Å². The Bertz CT molecular complexity index is 394. The number of ether oxygens (including phenoxy) is 1. The summed E-state index contributed by atoms with van der Waals surface area (Å²) in [5.74, 6) is 1.30. The van der Waals surface area contributed by atoms with E-state index in [9.17, 15) is 5.11 Å². The average molecular weight is 249 g/mol. The Kier molecular flexibility index (Phi) is 4.25. The van der Waals surface area contributed by atoms with Crippen LogP contribution in [-0.2, 0) is 5.54 Å². The van der Waals surface area contributed by atoms with Gasteiger partial charge in [-0.25, -0.2) is 0 Å². The van der Waals surface area contributed by atoms with Gasteiger partial charge < -0.3 is 15.2 Å². The van der Waals surface area contributed by atoms with Gasteiger partial charge in [0, 0.05) is 18.1 Å². The van der Waals surface area contributed by atoms with Crippen LogP contribution < -0.4 is 10.1 Å². The first-order valence-electron chi connectivity index (χ1n) is 6.82. The second kappa shape index (κ2) is 5.72. The van der Waals surface area contributed by atoms with Crippen molar-refractivity contribution in [3.63, 3.8) is 0 Å². The van der Waals surface area contributed by atoms with Gasteiger partial charge in [0.1, 0.15) is 5.75 Å². The van der Waals surface area contributed by atoms with E-state index in [0.29, 0.717) is 12.5 Å². The predicted molar refractivity (Wildman–Crippen MR) is 72.8 cm³/mol. The Balaban J connectivity index is 2.41. The number of nitrogens with one attached hydrogen (secondary N) is 1. The van der Waals surface area contributed by atoms with Crippen molar-refractivity contribution >= 4 is 0 Å². The monoisotopic (exact) mass is 249 g/mol. The molecule has 2 atom stereocenters. The third kappa shape index (κ3) is 2.25. The Labute approximate surface area is 109 Å². The molecule has 1 aromatic rings. The van der Waals surface area contributed by atoms with E-state index < -0.39 is 0 Å². The summed E-state index contributed by atoms with van der Waals surface area (Å²) in [4.78, 5) is 0. The molecule has 100 valence electrons. The fourth-order valence-corrected chi connectivity index (χ4v) is 2.85. The molecule has 1 aromatic carbocycles. The SMILES string of the molecule is CCCNC1(CCO)c2ccccc2OCC1C. The summed E-state index contributed by atoms with van der Waals surface area (Å²) < 4.78 is 5.80. The molecule has 0 radical (unpaired) electrons. The van der Waals surface area contributed by atoms with Gasteiger partial charge in [-0.05, 0) is 25.5 Å². The Morgan fingerprint density at radius 3 is 2.94 bits per heavy atom. The highest BCUT2D eigenvalue weighted by atomic mass is 16.5. The van der Waals surface area contributed by atoms with Crippen LogP contribution >= 0.6 is 0 Å². The van der Waals surface area contributed by atoms with E-state index in [0.717, 1.165) is 25.1 Å². The normalized spacial score (nSPS) is 26.5. The van der Waals surface area contributed by atoms with Crippen molar-refractivity contribution in [1.29, 1.82) is 0 Å². The molecule has 3 nitrogen and oxygen atoms in total. The van der Waals surface area contributed by atoms with Crippen molar-refractivity contribution in [2.24, 2.45) is 5.92 Å². The first-order valence-corrected chi connectivity index (χ1v) is 6.82. The second-order valence-electron chi connectivity index (χ2n) is 5.08. The smallest absolute Gasteiger partial charge is 0.124 e. The summed E-state index contributed by atoms with van der Waals surface area (Å²) in [5, 5.41) is 13.1. The van der Waals surface area contributed by atoms with Gasteiger partial charge in [-0.2, -0.15) is 0 Å². The van der Waals surface area contributed by atoms with Crippen molar-refractivity contribution < 1.29 is 9.84 Å². The maximum absolute atomic E-state index is 9.45. The van der Waals surface area contributed by atoms with E-state index in [1.165, 1.54) is 5.56 Å². The van der Waals surface area contributed by atoms with Gasteiger partial charge in [0.2, 0.25) is 0 Å². The predicted octanol–water partition coefficient (Wildman–Crippen LogP) is 2.29. The van der Waals surface area contributed by atoms with Gasteiger partial charge in [0.05, 0.1) is 12.1 Å². The first-order chi connectivity index (χ1) is 8.74. The lowest BCUT2D eigenvalue weighted by Crippen LogP contribution is -2.52. The van der Waals surface area contributed by atoms with Crippen LogP contribution in [0.5, 0.6) is 5.75 Å². The molecule has 2 unspecified atom stereocenters. The molecule has 0 amide bonds. The van der Waals surface area contributed by atoms with Crippen LogP contribution in [0.3, 0.4) is 0 Å².